The number of rotatable bonds is 7. The van der Waals surface area contributed by atoms with E-state index < -0.39 is 10.0 Å². The van der Waals surface area contributed by atoms with Crippen molar-refractivity contribution in [1.29, 1.82) is 0 Å². The molecule has 2 aromatic rings. The molecule has 27 heavy (non-hydrogen) atoms. The molecule has 1 aliphatic rings. The molecule has 0 bridgehead atoms. The molecule has 0 saturated carbocycles. The van der Waals surface area contributed by atoms with Gasteiger partial charge in [-0.1, -0.05) is 42.5 Å². The van der Waals surface area contributed by atoms with Crippen LogP contribution in [0, 0.1) is 0 Å². The van der Waals surface area contributed by atoms with Crippen molar-refractivity contribution in [3.63, 3.8) is 0 Å². The Bertz CT molecular complexity index is 884. The van der Waals surface area contributed by atoms with Gasteiger partial charge in [0.15, 0.2) is 5.78 Å². The van der Waals surface area contributed by atoms with E-state index in [2.05, 4.69) is 21.8 Å². The number of carbonyl (C=O) groups is 1. The summed E-state index contributed by atoms with van der Waals surface area (Å²) in [6.45, 7) is 4.46. The first-order chi connectivity index (χ1) is 12.9. The Morgan fingerprint density at radius 1 is 1.19 bits per heavy atom. The third-order valence-corrected chi connectivity index (χ3v) is 5.95. The van der Waals surface area contributed by atoms with Crippen molar-refractivity contribution >= 4 is 15.8 Å². The highest BCUT2D eigenvalue weighted by atomic mass is 32.2. The van der Waals surface area contributed by atoms with Crippen LogP contribution in [0.3, 0.4) is 0 Å². The van der Waals surface area contributed by atoms with Gasteiger partial charge in [0, 0.05) is 31.7 Å². The van der Waals surface area contributed by atoms with E-state index in [1.807, 2.05) is 18.2 Å². The smallest absolute Gasteiger partial charge is 0.240 e. The standard InChI is InChI=1S/C20H24N2O4S/c1-16(23)18-8-5-9-20(12-18)27(24,25)21-13-19-15-22(10-11-26-19)14-17-6-3-2-4-7-17/h2-9,12,19,21H,10-11,13-15H2,1H3. The fourth-order valence-corrected chi connectivity index (χ4v) is 4.17. The molecule has 0 spiro atoms. The number of nitrogens with zero attached hydrogens (tertiary/aromatic N) is 1. The molecule has 3 rings (SSSR count). The fraction of sp³-hybridized carbons (Fsp3) is 0.350. The van der Waals surface area contributed by atoms with Gasteiger partial charge >= 0.3 is 0 Å². The molecular weight excluding hydrogens is 364 g/mol. The lowest BCUT2D eigenvalue weighted by Crippen LogP contribution is -2.47. The number of morpholine rings is 1. The summed E-state index contributed by atoms with van der Waals surface area (Å²) >= 11 is 0. The van der Waals surface area contributed by atoms with Crippen LogP contribution in [0.5, 0.6) is 0 Å². The SMILES string of the molecule is CC(=O)c1cccc(S(=O)(=O)NCC2CN(Cc3ccccc3)CCO2)c1. The van der Waals surface area contributed by atoms with Crippen LogP contribution in [0.25, 0.3) is 0 Å². The van der Waals surface area contributed by atoms with E-state index in [-0.39, 0.29) is 23.3 Å². The molecular formula is C20H24N2O4S. The molecule has 1 heterocycles. The zero-order chi connectivity index (χ0) is 19.3. The number of Topliss-reactive ketones (excluding diaryl/α,β-unsaturated/α-hetero) is 1. The maximum Gasteiger partial charge on any atom is 0.240 e. The van der Waals surface area contributed by atoms with Crippen LogP contribution >= 0.6 is 0 Å². The molecule has 1 N–H and O–H groups in total. The highest BCUT2D eigenvalue weighted by molar-refractivity contribution is 7.89. The summed E-state index contributed by atoms with van der Waals surface area (Å²) in [5, 5.41) is 0. The van der Waals surface area contributed by atoms with Crippen molar-refractivity contribution in [2.75, 3.05) is 26.2 Å². The van der Waals surface area contributed by atoms with E-state index in [1.165, 1.54) is 24.6 Å². The van der Waals surface area contributed by atoms with E-state index in [0.717, 1.165) is 13.1 Å². The van der Waals surface area contributed by atoms with Crippen LogP contribution in [-0.2, 0) is 21.3 Å². The second kappa shape index (κ2) is 8.75. The van der Waals surface area contributed by atoms with Gasteiger partial charge in [-0.15, -0.1) is 0 Å². The van der Waals surface area contributed by atoms with Gasteiger partial charge in [-0.3, -0.25) is 9.69 Å². The van der Waals surface area contributed by atoms with Crippen LogP contribution in [-0.4, -0.2) is 51.4 Å². The average Bonchev–Trinajstić information content (AvgIpc) is 2.68. The van der Waals surface area contributed by atoms with Gasteiger partial charge in [-0.25, -0.2) is 13.1 Å². The van der Waals surface area contributed by atoms with Crippen molar-refractivity contribution in [3.8, 4) is 0 Å². The summed E-state index contributed by atoms with van der Waals surface area (Å²) in [5.41, 5.74) is 1.60. The molecule has 6 nitrogen and oxygen atoms in total. The number of nitrogens with one attached hydrogen (secondary N) is 1. The molecule has 1 fully saturated rings. The zero-order valence-corrected chi connectivity index (χ0v) is 16.1. The number of carbonyl (C=O) groups excluding carboxylic acids is 1. The highest BCUT2D eigenvalue weighted by Gasteiger charge is 2.23. The number of ether oxygens (including phenoxy) is 1. The van der Waals surface area contributed by atoms with Crippen molar-refractivity contribution in [1.82, 2.24) is 9.62 Å². The Kier molecular flexibility index (Phi) is 6.38. The number of hydrogen-bond acceptors (Lipinski definition) is 5. The summed E-state index contributed by atoms with van der Waals surface area (Å²) in [5.74, 6) is -0.167. The minimum absolute atomic E-state index is 0.0900. The summed E-state index contributed by atoms with van der Waals surface area (Å²) < 4.78 is 33.4. The van der Waals surface area contributed by atoms with Crippen molar-refractivity contribution < 1.29 is 17.9 Å². The molecule has 0 radical (unpaired) electrons. The first-order valence-electron chi connectivity index (χ1n) is 8.92. The first kappa shape index (κ1) is 19.7. The fourth-order valence-electron chi connectivity index (χ4n) is 3.06. The number of ketones is 1. The van der Waals surface area contributed by atoms with Crippen LogP contribution in [0.15, 0.2) is 59.5 Å². The molecule has 0 aromatic heterocycles. The Morgan fingerprint density at radius 3 is 2.70 bits per heavy atom. The Balaban J connectivity index is 1.58. The van der Waals surface area contributed by atoms with Gasteiger partial charge in [0.1, 0.15) is 0 Å². The Morgan fingerprint density at radius 2 is 1.96 bits per heavy atom. The van der Waals surface area contributed by atoms with E-state index >= 15 is 0 Å². The topological polar surface area (TPSA) is 75.7 Å². The van der Waals surface area contributed by atoms with Crippen molar-refractivity contribution in [2.24, 2.45) is 0 Å². The highest BCUT2D eigenvalue weighted by Crippen LogP contribution is 2.14. The molecule has 144 valence electrons. The monoisotopic (exact) mass is 388 g/mol. The average molecular weight is 388 g/mol. The quantitative estimate of drug-likeness (QED) is 0.735. The van der Waals surface area contributed by atoms with E-state index in [0.29, 0.717) is 18.7 Å². The van der Waals surface area contributed by atoms with Crippen LogP contribution in [0.2, 0.25) is 0 Å². The normalized spacial score (nSPS) is 18.3. The van der Waals surface area contributed by atoms with E-state index in [9.17, 15) is 13.2 Å². The second-order valence-electron chi connectivity index (χ2n) is 6.65. The molecule has 1 atom stereocenters. The Labute approximate surface area is 160 Å². The number of benzene rings is 2. The predicted octanol–water partition coefficient (Wildman–Crippen LogP) is 2.07. The van der Waals surface area contributed by atoms with Gasteiger partial charge in [-0.2, -0.15) is 0 Å². The van der Waals surface area contributed by atoms with E-state index in [4.69, 9.17) is 4.74 Å². The van der Waals surface area contributed by atoms with Gasteiger partial charge < -0.3 is 4.74 Å². The summed E-state index contributed by atoms with van der Waals surface area (Å²) in [4.78, 5) is 13.8. The van der Waals surface area contributed by atoms with Gasteiger partial charge in [0.25, 0.3) is 0 Å². The molecule has 0 amide bonds. The molecule has 1 saturated heterocycles. The van der Waals surface area contributed by atoms with Crippen molar-refractivity contribution in [2.45, 2.75) is 24.5 Å². The minimum Gasteiger partial charge on any atom is -0.374 e. The van der Waals surface area contributed by atoms with Gasteiger partial charge in [0.2, 0.25) is 10.0 Å². The third kappa shape index (κ3) is 5.46. The van der Waals surface area contributed by atoms with Crippen molar-refractivity contribution in [3.05, 3.63) is 65.7 Å². The molecule has 2 aromatic carbocycles. The molecule has 1 unspecified atom stereocenters. The predicted molar refractivity (Wildman–Crippen MR) is 103 cm³/mol. The van der Waals surface area contributed by atoms with Crippen LogP contribution in [0.4, 0.5) is 0 Å². The molecule has 0 aliphatic carbocycles. The number of sulfonamides is 1. The zero-order valence-electron chi connectivity index (χ0n) is 15.3. The Hall–Kier alpha value is -2.06. The minimum atomic E-state index is -3.69. The van der Waals surface area contributed by atoms with Gasteiger partial charge in [0.05, 0.1) is 17.6 Å². The summed E-state index contributed by atoms with van der Waals surface area (Å²) in [7, 11) is -3.69. The lowest BCUT2D eigenvalue weighted by Gasteiger charge is -2.33. The maximum atomic E-state index is 12.5. The lowest BCUT2D eigenvalue weighted by molar-refractivity contribution is -0.0276. The van der Waals surface area contributed by atoms with Crippen LogP contribution in [0.1, 0.15) is 22.8 Å². The first-order valence-corrected chi connectivity index (χ1v) is 10.4. The second-order valence-corrected chi connectivity index (χ2v) is 8.42. The van der Waals surface area contributed by atoms with Gasteiger partial charge in [-0.05, 0) is 24.6 Å². The van der Waals surface area contributed by atoms with Crippen LogP contribution < -0.4 is 4.72 Å². The van der Waals surface area contributed by atoms with E-state index in [1.54, 1.807) is 12.1 Å². The molecule has 7 heteroatoms. The summed E-state index contributed by atoms with van der Waals surface area (Å²) in [6, 6.07) is 16.2. The largest absolute Gasteiger partial charge is 0.374 e. The summed E-state index contributed by atoms with van der Waals surface area (Å²) in [6.07, 6.45) is -0.215. The third-order valence-electron chi connectivity index (χ3n) is 4.52. The lowest BCUT2D eigenvalue weighted by atomic mass is 10.2. The number of hydrogen-bond donors (Lipinski definition) is 1. The maximum absolute atomic E-state index is 12.5. The molecule has 1 aliphatic heterocycles.